The Kier molecular flexibility index (Phi) is 2.49. The van der Waals surface area contributed by atoms with Gasteiger partial charge < -0.3 is 20.1 Å². The van der Waals surface area contributed by atoms with Crippen LogP contribution in [0, 0.1) is 0 Å². The fourth-order valence-corrected chi connectivity index (χ4v) is 2.25. The van der Waals surface area contributed by atoms with Crippen LogP contribution >= 0.6 is 0 Å². The highest BCUT2D eigenvalue weighted by Gasteiger charge is 2.27. The predicted octanol–water partition coefficient (Wildman–Crippen LogP) is 0.401. The Balaban J connectivity index is 2.05. The maximum atomic E-state index is 11.8. The lowest BCUT2D eigenvalue weighted by Gasteiger charge is -2.29. The van der Waals surface area contributed by atoms with Gasteiger partial charge in [-0.25, -0.2) is 0 Å². The summed E-state index contributed by atoms with van der Waals surface area (Å²) in [6.45, 7) is 2.28. The molecule has 0 spiro atoms. The first-order valence-corrected chi connectivity index (χ1v) is 5.66. The second kappa shape index (κ2) is 4.01. The number of fused-ring (bicyclic) bond motifs is 2. The van der Waals surface area contributed by atoms with Gasteiger partial charge in [0.1, 0.15) is 5.75 Å². The summed E-state index contributed by atoms with van der Waals surface area (Å²) < 4.78 is 10.8. The van der Waals surface area contributed by atoms with Crippen LogP contribution in [0.2, 0.25) is 0 Å². The Morgan fingerprint density at radius 2 is 2.00 bits per heavy atom. The minimum absolute atomic E-state index is 0.0400. The van der Waals surface area contributed by atoms with Crippen LogP contribution in [0.4, 0.5) is 5.69 Å². The molecule has 2 N–H and O–H groups in total. The molecular weight excluding hydrogens is 220 g/mol. The van der Waals surface area contributed by atoms with Gasteiger partial charge in [-0.05, 0) is 23.3 Å². The quantitative estimate of drug-likeness (QED) is 0.804. The molecule has 0 saturated carbocycles. The molecule has 5 heteroatoms. The maximum absolute atomic E-state index is 11.8. The van der Waals surface area contributed by atoms with Crippen molar-refractivity contribution >= 4 is 11.6 Å². The Morgan fingerprint density at radius 3 is 2.76 bits per heavy atom. The summed E-state index contributed by atoms with van der Waals surface area (Å²) >= 11 is 0. The van der Waals surface area contributed by atoms with Gasteiger partial charge in [-0.1, -0.05) is 0 Å². The number of hydrogen-bond donors (Lipinski definition) is 1. The molecule has 0 atom stereocenters. The number of carbonyl (C=O) groups is 1. The van der Waals surface area contributed by atoms with Gasteiger partial charge in [-0.2, -0.15) is 0 Å². The van der Waals surface area contributed by atoms with E-state index in [2.05, 4.69) is 0 Å². The normalized spacial score (nSPS) is 17.7. The summed E-state index contributed by atoms with van der Waals surface area (Å²) in [4.78, 5) is 13.5. The number of nitrogens with two attached hydrogens (primary N) is 1. The number of anilines is 1. The lowest BCUT2D eigenvalue weighted by Crippen LogP contribution is -2.41. The summed E-state index contributed by atoms with van der Waals surface area (Å²) in [6, 6.07) is 3.94. The third-order valence-electron chi connectivity index (χ3n) is 3.09. The molecule has 0 fully saturated rings. The van der Waals surface area contributed by atoms with E-state index >= 15 is 0 Å². The van der Waals surface area contributed by atoms with Crippen molar-refractivity contribution in [3.05, 3.63) is 23.3 Å². The average molecular weight is 234 g/mol. The van der Waals surface area contributed by atoms with Crippen molar-refractivity contribution in [1.29, 1.82) is 0 Å². The van der Waals surface area contributed by atoms with E-state index in [4.69, 9.17) is 15.2 Å². The zero-order chi connectivity index (χ0) is 11.8. The lowest BCUT2D eigenvalue weighted by atomic mass is 10.1. The van der Waals surface area contributed by atoms with Crippen molar-refractivity contribution in [1.82, 2.24) is 0 Å². The topological polar surface area (TPSA) is 64.8 Å². The zero-order valence-electron chi connectivity index (χ0n) is 9.44. The van der Waals surface area contributed by atoms with Crippen molar-refractivity contribution in [2.75, 3.05) is 24.6 Å². The minimum Gasteiger partial charge on any atom is -0.482 e. The third kappa shape index (κ3) is 1.67. The first-order valence-electron chi connectivity index (χ1n) is 5.66. The zero-order valence-corrected chi connectivity index (χ0v) is 9.44. The van der Waals surface area contributed by atoms with Crippen molar-refractivity contribution in [2.24, 2.45) is 5.73 Å². The molecule has 2 heterocycles. The Labute approximate surface area is 99.1 Å². The monoisotopic (exact) mass is 234 g/mol. The Morgan fingerprint density at radius 1 is 1.24 bits per heavy atom. The van der Waals surface area contributed by atoms with E-state index in [1.807, 2.05) is 12.1 Å². The van der Waals surface area contributed by atoms with Gasteiger partial charge in [-0.3, -0.25) is 4.79 Å². The van der Waals surface area contributed by atoms with Crippen LogP contribution in [0.1, 0.15) is 11.1 Å². The molecule has 2 aliphatic heterocycles. The SMILES string of the molecule is NCCN1C(=O)COc2cc3c(cc21)COC3. The molecule has 0 aromatic heterocycles. The van der Waals surface area contributed by atoms with Crippen LogP contribution in [-0.4, -0.2) is 25.6 Å². The van der Waals surface area contributed by atoms with Crippen molar-refractivity contribution in [3.63, 3.8) is 0 Å². The highest BCUT2D eigenvalue weighted by Crippen LogP contribution is 2.37. The van der Waals surface area contributed by atoms with Gasteiger partial charge in [0.2, 0.25) is 0 Å². The Hall–Kier alpha value is -1.59. The average Bonchev–Trinajstić information content (AvgIpc) is 2.78. The molecule has 1 aromatic carbocycles. The molecule has 1 aromatic rings. The number of hydrogen-bond acceptors (Lipinski definition) is 4. The van der Waals surface area contributed by atoms with Gasteiger partial charge in [0.15, 0.2) is 6.61 Å². The molecule has 2 aliphatic rings. The van der Waals surface area contributed by atoms with Crippen molar-refractivity contribution in [2.45, 2.75) is 13.2 Å². The van der Waals surface area contributed by atoms with Gasteiger partial charge in [0, 0.05) is 13.1 Å². The van der Waals surface area contributed by atoms with Gasteiger partial charge in [-0.15, -0.1) is 0 Å². The molecule has 5 nitrogen and oxygen atoms in total. The van der Waals surface area contributed by atoms with E-state index in [0.29, 0.717) is 26.3 Å². The molecule has 90 valence electrons. The van der Waals surface area contributed by atoms with Crippen LogP contribution in [0.5, 0.6) is 5.75 Å². The summed E-state index contributed by atoms with van der Waals surface area (Å²) in [5.41, 5.74) is 8.62. The fraction of sp³-hybridized carbons (Fsp3) is 0.417. The first kappa shape index (κ1) is 10.6. The highest BCUT2D eigenvalue weighted by atomic mass is 16.5. The molecule has 3 rings (SSSR count). The molecular formula is C12H14N2O3. The molecule has 0 saturated heterocycles. The number of carbonyl (C=O) groups excluding carboxylic acids is 1. The van der Waals surface area contributed by atoms with E-state index in [0.717, 1.165) is 22.6 Å². The number of ether oxygens (including phenoxy) is 2. The van der Waals surface area contributed by atoms with Gasteiger partial charge in [0.05, 0.1) is 18.9 Å². The smallest absolute Gasteiger partial charge is 0.265 e. The molecule has 0 radical (unpaired) electrons. The van der Waals surface area contributed by atoms with Crippen molar-refractivity contribution < 1.29 is 14.3 Å². The van der Waals surface area contributed by atoms with Crippen LogP contribution in [0.15, 0.2) is 12.1 Å². The van der Waals surface area contributed by atoms with E-state index in [-0.39, 0.29) is 12.5 Å². The Bertz CT molecular complexity index is 473. The summed E-state index contributed by atoms with van der Waals surface area (Å²) in [5.74, 6) is 0.712. The number of nitrogens with zero attached hydrogens (tertiary/aromatic N) is 1. The van der Waals surface area contributed by atoms with Crippen LogP contribution in [0.3, 0.4) is 0 Å². The van der Waals surface area contributed by atoms with Crippen LogP contribution in [0.25, 0.3) is 0 Å². The number of rotatable bonds is 2. The molecule has 1 amide bonds. The van der Waals surface area contributed by atoms with Gasteiger partial charge in [0.25, 0.3) is 5.91 Å². The standard InChI is InChI=1S/C12H14N2O3/c13-1-2-14-10-3-8-5-16-6-9(8)4-11(10)17-7-12(14)15/h3-4H,1-2,5-7,13H2. The molecule has 0 unspecified atom stereocenters. The summed E-state index contributed by atoms with van der Waals surface area (Å²) in [6.07, 6.45) is 0. The summed E-state index contributed by atoms with van der Waals surface area (Å²) in [5, 5.41) is 0. The fourth-order valence-electron chi connectivity index (χ4n) is 2.25. The number of benzene rings is 1. The largest absolute Gasteiger partial charge is 0.482 e. The highest BCUT2D eigenvalue weighted by molar-refractivity contribution is 5.98. The van der Waals surface area contributed by atoms with Crippen LogP contribution < -0.4 is 15.4 Å². The van der Waals surface area contributed by atoms with Crippen molar-refractivity contribution in [3.8, 4) is 5.75 Å². The first-order chi connectivity index (χ1) is 8.29. The maximum Gasteiger partial charge on any atom is 0.265 e. The third-order valence-corrected chi connectivity index (χ3v) is 3.09. The second-order valence-corrected chi connectivity index (χ2v) is 4.20. The van der Waals surface area contributed by atoms with Crippen LogP contribution in [-0.2, 0) is 22.7 Å². The predicted molar refractivity (Wildman–Crippen MR) is 61.8 cm³/mol. The number of amides is 1. The second-order valence-electron chi connectivity index (χ2n) is 4.20. The van der Waals surface area contributed by atoms with E-state index in [1.54, 1.807) is 4.90 Å². The minimum atomic E-state index is -0.0400. The molecule has 0 aliphatic carbocycles. The van der Waals surface area contributed by atoms with E-state index < -0.39 is 0 Å². The van der Waals surface area contributed by atoms with E-state index in [9.17, 15) is 4.79 Å². The van der Waals surface area contributed by atoms with Gasteiger partial charge >= 0.3 is 0 Å². The lowest BCUT2D eigenvalue weighted by molar-refractivity contribution is -0.121. The molecule has 0 bridgehead atoms. The summed E-state index contributed by atoms with van der Waals surface area (Å²) in [7, 11) is 0. The van der Waals surface area contributed by atoms with E-state index in [1.165, 1.54) is 0 Å². The molecule has 17 heavy (non-hydrogen) atoms.